The Morgan fingerprint density at radius 3 is 2.69 bits per heavy atom. The third-order valence-corrected chi connectivity index (χ3v) is 3.03. The van der Waals surface area contributed by atoms with Crippen LogP contribution >= 0.6 is 0 Å². The summed E-state index contributed by atoms with van der Waals surface area (Å²) in [6, 6.07) is 2.85. The number of anilines is 1. The summed E-state index contributed by atoms with van der Waals surface area (Å²) in [7, 11) is 0. The number of rotatable bonds is 1. The summed E-state index contributed by atoms with van der Waals surface area (Å²) in [6.45, 7) is 0. The van der Waals surface area contributed by atoms with Crippen LogP contribution < -0.4 is 15.2 Å². The number of aromatic carboxylic acids is 1. The van der Waals surface area contributed by atoms with Gasteiger partial charge in [-0.25, -0.2) is 4.79 Å². The number of fused-ring (bicyclic) bond motifs is 1. The number of carboxylic acid groups (broad SMARTS) is 1. The molecule has 3 N–H and O–H groups in total. The van der Waals surface area contributed by atoms with Crippen molar-refractivity contribution in [3.63, 3.8) is 0 Å². The van der Waals surface area contributed by atoms with Crippen molar-refractivity contribution >= 4 is 11.7 Å². The highest BCUT2D eigenvalue weighted by Crippen LogP contribution is 2.50. The van der Waals surface area contributed by atoms with Crippen LogP contribution in [0.2, 0.25) is 0 Å². The van der Waals surface area contributed by atoms with Gasteiger partial charge in [-0.3, -0.25) is 0 Å². The molecule has 1 aromatic carbocycles. The summed E-state index contributed by atoms with van der Waals surface area (Å²) in [5.74, 6) is -0.678. The molecule has 1 heterocycles. The van der Waals surface area contributed by atoms with E-state index in [-0.39, 0.29) is 5.56 Å². The number of ether oxygens (including phenoxy) is 2. The maximum absolute atomic E-state index is 10.8. The fourth-order valence-electron chi connectivity index (χ4n) is 2.01. The van der Waals surface area contributed by atoms with E-state index in [0.29, 0.717) is 17.2 Å². The molecule has 16 heavy (non-hydrogen) atoms. The van der Waals surface area contributed by atoms with Crippen molar-refractivity contribution in [3.8, 4) is 11.5 Å². The lowest BCUT2D eigenvalue weighted by molar-refractivity contribution is -0.138. The Kier molecular flexibility index (Phi) is 1.64. The molecule has 1 saturated carbocycles. The average Bonchev–Trinajstić information content (AvgIpc) is 2.57. The topological polar surface area (TPSA) is 81.8 Å². The van der Waals surface area contributed by atoms with Gasteiger partial charge in [-0.15, -0.1) is 0 Å². The number of benzene rings is 1. The molecule has 0 amide bonds. The molecule has 0 aromatic heterocycles. The summed E-state index contributed by atoms with van der Waals surface area (Å²) in [6.07, 6.45) is 2.70. The molecular weight excluding hydrogens is 210 g/mol. The number of hydrogen-bond acceptors (Lipinski definition) is 4. The Hall–Kier alpha value is -1.91. The molecule has 84 valence electrons. The normalized spacial score (nSPS) is 19.5. The maximum Gasteiger partial charge on any atom is 0.335 e. The molecule has 1 aromatic rings. The largest absolute Gasteiger partial charge is 0.478 e. The van der Waals surface area contributed by atoms with E-state index in [1.807, 2.05) is 0 Å². The third kappa shape index (κ3) is 1.14. The van der Waals surface area contributed by atoms with E-state index in [0.717, 1.165) is 19.3 Å². The van der Waals surface area contributed by atoms with Crippen LogP contribution in [-0.2, 0) is 0 Å². The summed E-state index contributed by atoms with van der Waals surface area (Å²) in [5, 5.41) is 8.89. The quantitative estimate of drug-likeness (QED) is 0.704. The van der Waals surface area contributed by atoms with Crippen molar-refractivity contribution in [2.45, 2.75) is 25.0 Å². The molecule has 0 atom stereocenters. The van der Waals surface area contributed by atoms with Crippen LogP contribution in [0.5, 0.6) is 11.5 Å². The van der Waals surface area contributed by atoms with Crippen LogP contribution in [0.15, 0.2) is 12.1 Å². The summed E-state index contributed by atoms with van der Waals surface area (Å²) >= 11 is 0. The van der Waals surface area contributed by atoms with Gasteiger partial charge in [-0.2, -0.15) is 0 Å². The molecule has 1 aliphatic heterocycles. The fraction of sp³-hybridized carbons (Fsp3) is 0.364. The predicted molar refractivity (Wildman–Crippen MR) is 55.7 cm³/mol. The molecule has 0 bridgehead atoms. The molecular formula is C11H11NO4. The Morgan fingerprint density at radius 1 is 1.38 bits per heavy atom. The first-order chi connectivity index (χ1) is 7.60. The van der Waals surface area contributed by atoms with Crippen molar-refractivity contribution in [2.75, 3.05) is 5.73 Å². The van der Waals surface area contributed by atoms with Crippen LogP contribution in [0.4, 0.5) is 5.69 Å². The number of carboxylic acids is 1. The second-order valence-corrected chi connectivity index (χ2v) is 4.17. The molecule has 5 heteroatoms. The van der Waals surface area contributed by atoms with Crippen LogP contribution in [0.3, 0.4) is 0 Å². The van der Waals surface area contributed by atoms with E-state index in [1.165, 1.54) is 12.1 Å². The molecule has 2 aliphatic rings. The first-order valence-corrected chi connectivity index (χ1v) is 5.14. The second-order valence-electron chi connectivity index (χ2n) is 4.17. The lowest BCUT2D eigenvalue weighted by atomic mass is 9.91. The zero-order valence-electron chi connectivity index (χ0n) is 8.53. The van der Waals surface area contributed by atoms with Gasteiger partial charge < -0.3 is 20.3 Å². The van der Waals surface area contributed by atoms with E-state index in [4.69, 9.17) is 20.3 Å². The minimum absolute atomic E-state index is 0.122. The van der Waals surface area contributed by atoms with E-state index in [2.05, 4.69) is 0 Å². The van der Waals surface area contributed by atoms with Crippen LogP contribution in [0, 0.1) is 0 Å². The van der Waals surface area contributed by atoms with Gasteiger partial charge in [0, 0.05) is 12.8 Å². The van der Waals surface area contributed by atoms with Crippen molar-refractivity contribution in [1.82, 2.24) is 0 Å². The van der Waals surface area contributed by atoms with Gasteiger partial charge in [0.1, 0.15) is 0 Å². The zero-order valence-corrected chi connectivity index (χ0v) is 8.53. The predicted octanol–water partition coefficient (Wildman–Crippen LogP) is 1.62. The van der Waals surface area contributed by atoms with Gasteiger partial charge in [0.15, 0.2) is 11.5 Å². The van der Waals surface area contributed by atoms with Gasteiger partial charge in [0.05, 0.1) is 11.3 Å². The van der Waals surface area contributed by atoms with E-state index < -0.39 is 11.8 Å². The maximum atomic E-state index is 10.8. The molecule has 0 unspecified atom stereocenters. The smallest absolute Gasteiger partial charge is 0.335 e. The summed E-state index contributed by atoms with van der Waals surface area (Å²) in [4.78, 5) is 10.8. The molecule has 1 fully saturated rings. The monoisotopic (exact) mass is 221 g/mol. The van der Waals surface area contributed by atoms with E-state index in [1.54, 1.807) is 0 Å². The van der Waals surface area contributed by atoms with Gasteiger partial charge in [-0.1, -0.05) is 0 Å². The lowest BCUT2D eigenvalue weighted by Crippen LogP contribution is -2.45. The SMILES string of the molecule is Nc1cc(C(=O)O)cc2c1OC1(CCC1)O2. The Morgan fingerprint density at radius 2 is 2.12 bits per heavy atom. The molecule has 0 radical (unpaired) electrons. The van der Waals surface area contributed by atoms with Crippen molar-refractivity contribution in [1.29, 1.82) is 0 Å². The van der Waals surface area contributed by atoms with Crippen LogP contribution in [0.25, 0.3) is 0 Å². The van der Waals surface area contributed by atoms with Crippen molar-refractivity contribution in [2.24, 2.45) is 0 Å². The van der Waals surface area contributed by atoms with E-state index in [9.17, 15) is 4.79 Å². The Bertz CT molecular complexity index is 479. The molecule has 1 aliphatic carbocycles. The lowest BCUT2D eigenvalue weighted by Gasteiger charge is -2.35. The highest BCUT2D eigenvalue weighted by atomic mass is 16.7. The van der Waals surface area contributed by atoms with E-state index >= 15 is 0 Å². The van der Waals surface area contributed by atoms with Crippen molar-refractivity contribution < 1.29 is 19.4 Å². The van der Waals surface area contributed by atoms with Gasteiger partial charge in [0.25, 0.3) is 5.79 Å². The van der Waals surface area contributed by atoms with Gasteiger partial charge in [0.2, 0.25) is 0 Å². The highest BCUT2D eigenvalue weighted by molar-refractivity contribution is 5.90. The fourth-order valence-corrected chi connectivity index (χ4v) is 2.01. The molecule has 1 spiro atoms. The van der Waals surface area contributed by atoms with Gasteiger partial charge in [-0.05, 0) is 18.6 Å². The molecule has 5 nitrogen and oxygen atoms in total. The molecule has 3 rings (SSSR count). The first kappa shape index (κ1) is 9.33. The number of nitrogens with two attached hydrogens (primary N) is 1. The molecule has 0 saturated heterocycles. The number of nitrogen functional groups attached to an aromatic ring is 1. The van der Waals surface area contributed by atoms with Crippen molar-refractivity contribution in [3.05, 3.63) is 17.7 Å². The highest BCUT2D eigenvalue weighted by Gasteiger charge is 2.48. The summed E-state index contributed by atoms with van der Waals surface area (Å²) in [5.41, 5.74) is 6.18. The van der Waals surface area contributed by atoms with Crippen LogP contribution in [-0.4, -0.2) is 16.9 Å². The Labute approximate surface area is 91.8 Å². The third-order valence-electron chi connectivity index (χ3n) is 3.03. The first-order valence-electron chi connectivity index (χ1n) is 5.14. The minimum atomic E-state index is -1.02. The zero-order chi connectivity index (χ0) is 11.3. The summed E-state index contributed by atoms with van der Waals surface area (Å²) < 4.78 is 11.3. The number of carbonyl (C=O) groups is 1. The standard InChI is InChI=1S/C11H11NO4/c12-7-4-6(10(13)14)5-8-9(7)16-11(15-8)2-1-3-11/h4-5H,1-3,12H2,(H,13,14). The minimum Gasteiger partial charge on any atom is -0.478 e. The average molecular weight is 221 g/mol. The Balaban J connectivity index is 2.04. The number of hydrogen-bond donors (Lipinski definition) is 2. The van der Waals surface area contributed by atoms with Crippen LogP contribution in [0.1, 0.15) is 29.6 Å². The second kappa shape index (κ2) is 2.81. The van der Waals surface area contributed by atoms with Gasteiger partial charge >= 0.3 is 5.97 Å².